The quantitative estimate of drug-likeness (QED) is 0.109. The van der Waals surface area contributed by atoms with Crippen LogP contribution in [0.15, 0.2) is 48.5 Å². The largest absolute Gasteiger partial charge is 0.486 e. The van der Waals surface area contributed by atoms with Crippen molar-refractivity contribution in [3.63, 3.8) is 0 Å². The number of alkyl halides is 6. The third-order valence-electron chi connectivity index (χ3n) is 6.35. The van der Waals surface area contributed by atoms with E-state index in [0.717, 1.165) is 38.5 Å². The van der Waals surface area contributed by atoms with Crippen LogP contribution in [0.1, 0.15) is 11.4 Å². The number of methoxy groups -OCH3 is 2. The van der Waals surface area contributed by atoms with E-state index in [2.05, 4.69) is 9.97 Å². The minimum absolute atomic E-state index is 0.133. The summed E-state index contributed by atoms with van der Waals surface area (Å²) in [6.07, 6.45) is 0. The summed E-state index contributed by atoms with van der Waals surface area (Å²) in [7, 11) is 1.99. The summed E-state index contributed by atoms with van der Waals surface area (Å²) in [6.45, 7) is 0. The molecule has 43 heavy (non-hydrogen) atoms. The molecule has 4 aromatic rings. The van der Waals surface area contributed by atoms with Gasteiger partial charge >= 0.3 is 17.8 Å². The second kappa shape index (κ2) is 10.3. The molecule has 0 atom stereocenters. The number of benzene rings is 2. The van der Waals surface area contributed by atoms with Crippen molar-refractivity contribution in [2.24, 2.45) is 0 Å². The number of halogens is 6. The summed E-state index contributed by atoms with van der Waals surface area (Å²) >= 11 is 1.13. The van der Waals surface area contributed by atoms with E-state index in [1.165, 1.54) is 24.3 Å². The van der Waals surface area contributed by atoms with E-state index >= 15 is 17.6 Å². The number of non-ortho nitro benzene ring substituents is 2. The molecule has 1 aliphatic carbocycles. The number of nitrogens with zero attached hydrogens (tertiary/aromatic N) is 4. The number of rotatable bonds is 8. The van der Waals surface area contributed by atoms with E-state index in [0.29, 0.717) is 22.7 Å². The van der Waals surface area contributed by atoms with Crippen LogP contribution in [0.4, 0.5) is 37.7 Å². The van der Waals surface area contributed by atoms with Gasteiger partial charge in [0, 0.05) is 35.4 Å². The minimum Gasteiger partial charge on any atom is -0.486 e. The number of thiazole rings is 2. The Balaban J connectivity index is 1.75. The molecular weight excluding hydrogens is 630 g/mol. The van der Waals surface area contributed by atoms with Crippen molar-refractivity contribution in [2.75, 3.05) is 14.2 Å². The van der Waals surface area contributed by atoms with Crippen LogP contribution < -0.4 is 9.47 Å². The number of ether oxygens (including phenoxy) is 2. The zero-order valence-corrected chi connectivity index (χ0v) is 23.1. The SMILES string of the molecule is COc1sc(-c2ccc([N+](=O)[O-])cc2)nc1C1=C(c2nc(-c3ccc([N+](=O)[O-])cc3)sc2OC)C(F)(F)C(F)(F)C1(F)F. The first kappa shape index (κ1) is 29.9. The first-order valence-corrected chi connectivity index (χ1v) is 13.3. The minimum atomic E-state index is -5.94. The van der Waals surface area contributed by atoms with Gasteiger partial charge in [-0.25, -0.2) is 9.97 Å². The van der Waals surface area contributed by atoms with E-state index in [9.17, 15) is 29.0 Å². The summed E-state index contributed by atoms with van der Waals surface area (Å²) in [5, 5.41) is 20.6. The van der Waals surface area contributed by atoms with Gasteiger partial charge < -0.3 is 9.47 Å². The average Bonchev–Trinajstić information content (AvgIpc) is 3.61. The summed E-state index contributed by atoms with van der Waals surface area (Å²) in [6, 6.07) is 9.19. The highest BCUT2D eigenvalue weighted by Gasteiger charge is 2.81. The third-order valence-corrected chi connectivity index (χ3v) is 8.48. The lowest BCUT2D eigenvalue weighted by Crippen LogP contribution is -2.49. The molecule has 5 rings (SSSR count). The number of aromatic nitrogens is 2. The lowest BCUT2D eigenvalue weighted by atomic mass is 10.0. The van der Waals surface area contributed by atoms with Gasteiger partial charge in [-0.15, -0.1) is 0 Å². The van der Waals surface area contributed by atoms with Gasteiger partial charge in [0.25, 0.3) is 11.4 Å². The second-order valence-corrected chi connectivity index (χ2v) is 10.7. The van der Waals surface area contributed by atoms with Gasteiger partial charge in [0.1, 0.15) is 21.4 Å². The lowest BCUT2D eigenvalue weighted by molar-refractivity contribution is -0.385. The molecule has 224 valence electrons. The van der Waals surface area contributed by atoms with Crippen molar-refractivity contribution < 1.29 is 45.7 Å². The van der Waals surface area contributed by atoms with Crippen LogP contribution in [0.2, 0.25) is 0 Å². The predicted molar refractivity (Wildman–Crippen MR) is 143 cm³/mol. The first-order chi connectivity index (χ1) is 20.1. The van der Waals surface area contributed by atoms with E-state index in [4.69, 9.17) is 9.47 Å². The van der Waals surface area contributed by atoms with Gasteiger partial charge in [-0.1, -0.05) is 22.7 Å². The van der Waals surface area contributed by atoms with Crippen LogP contribution in [0.5, 0.6) is 10.1 Å². The molecule has 10 nitrogen and oxygen atoms in total. The maximum Gasteiger partial charge on any atom is 0.380 e. The molecule has 0 bridgehead atoms. The monoisotopic (exact) mass is 644 g/mol. The summed E-state index contributed by atoms with van der Waals surface area (Å²) < 4.78 is 102. The zero-order valence-electron chi connectivity index (χ0n) is 21.4. The van der Waals surface area contributed by atoms with Crippen molar-refractivity contribution in [3.05, 3.63) is 80.1 Å². The van der Waals surface area contributed by atoms with Crippen LogP contribution in [-0.2, 0) is 0 Å². The Labute approximate surface area is 244 Å². The molecule has 2 aromatic heterocycles. The fraction of sp³-hybridized carbons (Fsp3) is 0.200. The van der Waals surface area contributed by atoms with Crippen LogP contribution in [-0.4, -0.2) is 51.8 Å². The van der Waals surface area contributed by atoms with Gasteiger partial charge in [-0.3, -0.25) is 20.2 Å². The highest BCUT2D eigenvalue weighted by atomic mass is 32.1. The Morgan fingerprint density at radius 1 is 0.651 bits per heavy atom. The molecule has 0 aliphatic heterocycles. The number of nitro groups is 2. The van der Waals surface area contributed by atoms with E-state index in [-0.39, 0.29) is 32.5 Å². The van der Waals surface area contributed by atoms with Crippen LogP contribution in [0.25, 0.3) is 32.3 Å². The zero-order chi connectivity index (χ0) is 31.5. The molecule has 0 saturated heterocycles. The van der Waals surface area contributed by atoms with E-state index in [1.54, 1.807) is 0 Å². The molecule has 0 spiro atoms. The van der Waals surface area contributed by atoms with Gasteiger partial charge in [0.15, 0.2) is 0 Å². The van der Waals surface area contributed by atoms with Crippen molar-refractivity contribution in [3.8, 4) is 31.3 Å². The number of allylic oxidation sites excluding steroid dienone is 2. The molecule has 0 saturated carbocycles. The highest BCUT2D eigenvalue weighted by Crippen LogP contribution is 2.66. The molecule has 0 N–H and O–H groups in total. The summed E-state index contributed by atoms with van der Waals surface area (Å²) in [4.78, 5) is 28.5. The van der Waals surface area contributed by atoms with Crippen molar-refractivity contribution in [2.45, 2.75) is 17.8 Å². The second-order valence-electron chi connectivity index (χ2n) is 8.80. The molecule has 0 amide bonds. The van der Waals surface area contributed by atoms with Gasteiger partial charge in [-0.2, -0.15) is 26.3 Å². The van der Waals surface area contributed by atoms with Crippen LogP contribution in [0.3, 0.4) is 0 Å². The van der Waals surface area contributed by atoms with E-state index in [1.807, 2.05) is 0 Å². The molecule has 1 aliphatic rings. The smallest absolute Gasteiger partial charge is 0.380 e. The average molecular weight is 645 g/mol. The Hall–Kier alpha value is -4.58. The number of hydrogen-bond donors (Lipinski definition) is 0. The standard InChI is InChI=1S/C25H14F6N4O6S2/c1-40-21-17(32-19(42-21)11-3-7-13(8-4-11)34(36)37)15-16(24(28,29)25(30,31)23(15,26)27)18-22(41-2)43-20(33-18)12-5-9-14(10-6-12)35(38)39/h3-10H,1-2H3. The molecular formula is C25H14F6N4O6S2. The van der Waals surface area contributed by atoms with Crippen LogP contribution in [0, 0.1) is 20.2 Å². The first-order valence-electron chi connectivity index (χ1n) is 11.6. The van der Waals surface area contributed by atoms with Gasteiger partial charge in [0.2, 0.25) is 10.1 Å². The molecule has 0 fully saturated rings. The predicted octanol–water partition coefficient (Wildman–Crippen LogP) is 7.60. The maximum absolute atomic E-state index is 15.5. The topological polar surface area (TPSA) is 131 Å². The fourth-order valence-corrected chi connectivity index (χ4v) is 6.05. The summed E-state index contributed by atoms with van der Waals surface area (Å²) in [5.41, 5.74) is -6.06. The Kier molecular flexibility index (Phi) is 7.16. The van der Waals surface area contributed by atoms with Crippen molar-refractivity contribution >= 4 is 45.2 Å². The molecule has 0 unspecified atom stereocenters. The number of nitro benzene ring substituents is 2. The lowest BCUT2D eigenvalue weighted by Gasteiger charge is -2.25. The molecule has 2 aromatic carbocycles. The van der Waals surface area contributed by atoms with Crippen molar-refractivity contribution in [1.82, 2.24) is 9.97 Å². The van der Waals surface area contributed by atoms with Crippen LogP contribution >= 0.6 is 22.7 Å². The van der Waals surface area contributed by atoms with Crippen molar-refractivity contribution in [1.29, 1.82) is 0 Å². The Morgan fingerprint density at radius 2 is 0.977 bits per heavy atom. The normalized spacial score (nSPS) is 16.7. The number of hydrogen-bond acceptors (Lipinski definition) is 10. The van der Waals surface area contributed by atoms with Gasteiger partial charge in [-0.05, 0) is 24.3 Å². The third kappa shape index (κ3) is 4.56. The molecule has 18 heteroatoms. The molecule has 0 radical (unpaired) electrons. The summed E-state index contributed by atoms with van der Waals surface area (Å²) in [5.74, 6) is -16.9. The van der Waals surface area contributed by atoms with Gasteiger partial charge in [0.05, 0.1) is 35.2 Å². The highest BCUT2D eigenvalue weighted by molar-refractivity contribution is 7.17. The fourth-order valence-electron chi connectivity index (χ4n) is 4.26. The van der Waals surface area contributed by atoms with E-state index < -0.39 is 60.3 Å². The molecule has 2 heterocycles. The Morgan fingerprint density at radius 3 is 1.26 bits per heavy atom. The maximum atomic E-state index is 15.5. The Bertz CT molecular complexity index is 1660.